The lowest BCUT2D eigenvalue weighted by Crippen LogP contribution is -2.45. The number of aliphatic carboxylic acids is 1. The summed E-state index contributed by atoms with van der Waals surface area (Å²) in [5, 5.41) is 14.4. The van der Waals surface area contributed by atoms with Gasteiger partial charge in [-0.25, -0.2) is 9.59 Å². The van der Waals surface area contributed by atoms with E-state index in [4.69, 9.17) is 4.74 Å². The number of rotatable bonds is 10. The van der Waals surface area contributed by atoms with Crippen molar-refractivity contribution in [1.82, 2.24) is 10.6 Å². The molecule has 1 aliphatic carbocycles. The Kier molecular flexibility index (Phi) is 8.16. The van der Waals surface area contributed by atoms with E-state index < -0.39 is 29.9 Å². The topological polar surface area (TPSA) is 105 Å². The first kappa shape index (κ1) is 23.7. The van der Waals surface area contributed by atoms with E-state index in [0.717, 1.165) is 22.3 Å². The molecule has 0 radical (unpaired) electrons. The normalized spacial score (nSPS) is 14.1. The van der Waals surface area contributed by atoms with Gasteiger partial charge in [-0.05, 0) is 40.7 Å². The third-order valence-electron chi connectivity index (χ3n) is 5.57. The molecule has 0 fully saturated rings. The van der Waals surface area contributed by atoms with Crippen molar-refractivity contribution in [1.29, 1.82) is 0 Å². The number of carbonyl (C=O) groups excluding carboxylic acids is 2. The van der Waals surface area contributed by atoms with Crippen LogP contribution in [0.25, 0.3) is 11.1 Å². The highest BCUT2D eigenvalue weighted by molar-refractivity contribution is 7.98. The Morgan fingerprint density at radius 1 is 1.06 bits per heavy atom. The highest BCUT2D eigenvalue weighted by Crippen LogP contribution is 2.44. The fraction of sp³-hybridized carbons (Fsp3) is 0.375. The predicted molar refractivity (Wildman–Crippen MR) is 125 cm³/mol. The van der Waals surface area contributed by atoms with Crippen molar-refractivity contribution in [3.05, 3.63) is 59.7 Å². The molecular formula is C24H28N2O5S. The Morgan fingerprint density at radius 3 is 2.22 bits per heavy atom. The van der Waals surface area contributed by atoms with Crippen LogP contribution in [-0.2, 0) is 14.3 Å². The first-order valence-corrected chi connectivity index (χ1v) is 11.9. The van der Waals surface area contributed by atoms with Gasteiger partial charge in [0, 0.05) is 12.5 Å². The zero-order chi connectivity index (χ0) is 23.1. The van der Waals surface area contributed by atoms with E-state index in [-0.39, 0.29) is 19.1 Å². The highest BCUT2D eigenvalue weighted by atomic mass is 32.2. The van der Waals surface area contributed by atoms with Crippen molar-refractivity contribution in [3.8, 4) is 11.1 Å². The molecule has 2 aromatic rings. The summed E-state index contributed by atoms with van der Waals surface area (Å²) < 4.78 is 5.46. The minimum atomic E-state index is -1.07. The molecule has 1 aliphatic rings. The molecule has 0 saturated carbocycles. The second kappa shape index (κ2) is 11.0. The van der Waals surface area contributed by atoms with Crippen molar-refractivity contribution < 1.29 is 24.2 Å². The smallest absolute Gasteiger partial charge is 0.407 e. The van der Waals surface area contributed by atoms with Gasteiger partial charge in [-0.1, -0.05) is 55.5 Å². The van der Waals surface area contributed by atoms with Gasteiger partial charge in [0.25, 0.3) is 0 Å². The number of nitrogens with one attached hydrogen (secondary N) is 2. The van der Waals surface area contributed by atoms with E-state index in [1.807, 2.05) is 42.7 Å². The second-order valence-electron chi connectivity index (χ2n) is 7.79. The van der Waals surface area contributed by atoms with Crippen LogP contribution in [0.4, 0.5) is 4.79 Å². The number of hydrogen-bond acceptors (Lipinski definition) is 5. The van der Waals surface area contributed by atoms with Gasteiger partial charge in [-0.3, -0.25) is 4.79 Å². The third kappa shape index (κ3) is 5.62. The van der Waals surface area contributed by atoms with Gasteiger partial charge >= 0.3 is 12.1 Å². The van der Waals surface area contributed by atoms with Gasteiger partial charge in [0.1, 0.15) is 12.6 Å². The van der Waals surface area contributed by atoms with Crippen LogP contribution in [0.3, 0.4) is 0 Å². The fourth-order valence-electron chi connectivity index (χ4n) is 3.79. The molecular weight excluding hydrogens is 428 g/mol. The van der Waals surface area contributed by atoms with Crippen LogP contribution in [0, 0.1) is 5.92 Å². The summed E-state index contributed by atoms with van der Waals surface area (Å²) in [6, 6.07) is 15.2. The Hall–Kier alpha value is -3.00. The lowest BCUT2D eigenvalue weighted by molar-refractivity contribution is -0.142. The summed E-state index contributed by atoms with van der Waals surface area (Å²) in [7, 11) is 0. The van der Waals surface area contributed by atoms with Gasteiger partial charge in [0.15, 0.2) is 0 Å². The summed E-state index contributed by atoms with van der Waals surface area (Å²) in [5.74, 6) is -1.49. The van der Waals surface area contributed by atoms with E-state index >= 15 is 0 Å². The number of carboxylic acids is 1. The van der Waals surface area contributed by atoms with E-state index in [1.54, 1.807) is 6.92 Å². The van der Waals surface area contributed by atoms with Gasteiger partial charge in [-0.2, -0.15) is 11.8 Å². The predicted octanol–water partition coefficient (Wildman–Crippen LogP) is 3.48. The molecule has 0 aliphatic heterocycles. The molecule has 0 spiro atoms. The fourth-order valence-corrected chi connectivity index (χ4v) is 4.26. The maximum atomic E-state index is 12.3. The molecule has 170 valence electrons. The second-order valence-corrected chi connectivity index (χ2v) is 8.77. The van der Waals surface area contributed by atoms with E-state index in [0.29, 0.717) is 12.2 Å². The Labute approximate surface area is 191 Å². The monoisotopic (exact) mass is 456 g/mol. The molecule has 2 aromatic carbocycles. The van der Waals surface area contributed by atoms with Crippen LogP contribution in [-0.4, -0.2) is 54.3 Å². The lowest BCUT2D eigenvalue weighted by atomic mass is 9.98. The number of ether oxygens (including phenoxy) is 1. The number of carboxylic acid groups (broad SMARTS) is 1. The summed E-state index contributed by atoms with van der Waals surface area (Å²) in [6.07, 6.45) is 1.61. The number of carbonyl (C=O) groups is 3. The Balaban J connectivity index is 1.50. The standard InChI is InChI=1S/C24H28N2O5S/c1-15(22(27)26-21(23(28)29)11-12-32-2)13-25-24(30)31-14-20-18-9-5-3-7-16(18)17-8-4-6-10-19(17)20/h3-10,15,20-21H,11-14H2,1-2H3,(H,25,30)(H,26,27)(H,28,29). The van der Waals surface area contributed by atoms with E-state index in [1.165, 1.54) is 11.8 Å². The van der Waals surface area contributed by atoms with Crippen molar-refractivity contribution in [2.45, 2.75) is 25.3 Å². The number of benzene rings is 2. The van der Waals surface area contributed by atoms with Crippen LogP contribution in [0.15, 0.2) is 48.5 Å². The van der Waals surface area contributed by atoms with Crippen molar-refractivity contribution in [2.75, 3.05) is 25.2 Å². The zero-order valence-electron chi connectivity index (χ0n) is 18.2. The van der Waals surface area contributed by atoms with Gasteiger partial charge in [0.2, 0.25) is 5.91 Å². The maximum Gasteiger partial charge on any atom is 0.407 e. The average Bonchev–Trinajstić information content (AvgIpc) is 3.12. The molecule has 0 saturated heterocycles. The summed E-state index contributed by atoms with van der Waals surface area (Å²) in [4.78, 5) is 35.9. The SMILES string of the molecule is CSCCC(NC(=O)C(C)CNC(=O)OCC1c2ccccc2-c2ccccc21)C(=O)O. The first-order valence-electron chi connectivity index (χ1n) is 10.5. The highest BCUT2D eigenvalue weighted by Gasteiger charge is 2.29. The molecule has 0 bridgehead atoms. The molecule has 0 heterocycles. The number of alkyl carbamates (subject to hydrolysis) is 1. The molecule has 2 atom stereocenters. The summed E-state index contributed by atoms with van der Waals surface area (Å²) >= 11 is 1.52. The molecule has 3 rings (SSSR count). The number of thioether (sulfide) groups is 1. The van der Waals surface area contributed by atoms with Gasteiger partial charge in [0.05, 0.1) is 5.92 Å². The minimum Gasteiger partial charge on any atom is -0.480 e. The minimum absolute atomic E-state index is 0.0402. The molecule has 7 nitrogen and oxygen atoms in total. The zero-order valence-corrected chi connectivity index (χ0v) is 19.0. The first-order chi connectivity index (χ1) is 15.4. The van der Waals surface area contributed by atoms with Crippen LogP contribution < -0.4 is 10.6 Å². The third-order valence-corrected chi connectivity index (χ3v) is 6.21. The van der Waals surface area contributed by atoms with Crippen LogP contribution in [0.5, 0.6) is 0 Å². The van der Waals surface area contributed by atoms with Crippen molar-refractivity contribution in [2.24, 2.45) is 5.92 Å². The molecule has 2 amide bonds. The lowest BCUT2D eigenvalue weighted by Gasteiger charge is -2.18. The quantitative estimate of drug-likeness (QED) is 0.506. The number of fused-ring (bicyclic) bond motifs is 3. The summed E-state index contributed by atoms with van der Waals surface area (Å²) in [6.45, 7) is 1.88. The molecule has 3 N–H and O–H groups in total. The Bertz CT molecular complexity index is 935. The van der Waals surface area contributed by atoms with Crippen LogP contribution in [0.1, 0.15) is 30.4 Å². The molecule has 8 heteroatoms. The number of hydrogen-bond donors (Lipinski definition) is 3. The summed E-state index contributed by atoms with van der Waals surface area (Å²) in [5.41, 5.74) is 4.55. The molecule has 2 unspecified atom stereocenters. The van der Waals surface area contributed by atoms with Crippen molar-refractivity contribution >= 4 is 29.7 Å². The average molecular weight is 457 g/mol. The van der Waals surface area contributed by atoms with E-state index in [2.05, 4.69) is 22.8 Å². The van der Waals surface area contributed by atoms with Crippen LogP contribution in [0.2, 0.25) is 0 Å². The largest absolute Gasteiger partial charge is 0.480 e. The maximum absolute atomic E-state index is 12.3. The van der Waals surface area contributed by atoms with Gasteiger partial charge in [-0.15, -0.1) is 0 Å². The van der Waals surface area contributed by atoms with Crippen molar-refractivity contribution in [3.63, 3.8) is 0 Å². The van der Waals surface area contributed by atoms with E-state index in [9.17, 15) is 19.5 Å². The van der Waals surface area contributed by atoms with Crippen LogP contribution >= 0.6 is 11.8 Å². The number of amides is 2. The molecule has 32 heavy (non-hydrogen) atoms. The Morgan fingerprint density at radius 2 is 1.66 bits per heavy atom. The molecule has 0 aromatic heterocycles. The van der Waals surface area contributed by atoms with Gasteiger partial charge < -0.3 is 20.5 Å².